The largest absolute Gasteiger partial charge is 0.504 e. The van der Waals surface area contributed by atoms with E-state index in [0.717, 1.165) is 0 Å². The van der Waals surface area contributed by atoms with Gasteiger partial charge in [0, 0.05) is 0 Å². The first-order chi connectivity index (χ1) is 6.97. The molecule has 0 bridgehead atoms. The van der Waals surface area contributed by atoms with Crippen LogP contribution in [-0.4, -0.2) is 23.4 Å². The van der Waals surface area contributed by atoms with Crippen molar-refractivity contribution >= 4 is 0 Å². The Balaban J connectivity index is 3.21. The van der Waals surface area contributed by atoms with E-state index >= 15 is 0 Å². The summed E-state index contributed by atoms with van der Waals surface area (Å²) in [7, 11) is 1.30. The SMILES string of the molecule is COc1c(F)cc(CC(C)O)c(C)c1O. The van der Waals surface area contributed by atoms with Crippen molar-refractivity contribution in [2.45, 2.75) is 26.4 Å². The van der Waals surface area contributed by atoms with Crippen LogP contribution in [0.1, 0.15) is 18.1 Å². The first kappa shape index (κ1) is 11.8. The third kappa shape index (κ3) is 2.39. The summed E-state index contributed by atoms with van der Waals surface area (Å²) >= 11 is 0. The summed E-state index contributed by atoms with van der Waals surface area (Å²) in [6.45, 7) is 3.27. The second-order valence-corrected chi connectivity index (χ2v) is 3.58. The summed E-state index contributed by atoms with van der Waals surface area (Å²) in [5.74, 6) is -0.966. The predicted octanol–water partition coefficient (Wildman–Crippen LogP) is 1.77. The molecule has 3 nitrogen and oxygen atoms in total. The molecule has 1 atom stereocenters. The molecule has 0 fully saturated rings. The normalized spacial score (nSPS) is 12.6. The lowest BCUT2D eigenvalue weighted by atomic mass is 10.0. The van der Waals surface area contributed by atoms with Gasteiger partial charge in [-0.3, -0.25) is 0 Å². The molecule has 1 aromatic rings. The molecule has 0 saturated heterocycles. The van der Waals surface area contributed by atoms with Crippen molar-refractivity contribution < 1.29 is 19.3 Å². The number of hydrogen-bond donors (Lipinski definition) is 2. The van der Waals surface area contributed by atoms with Crippen molar-refractivity contribution in [3.8, 4) is 11.5 Å². The van der Waals surface area contributed by atoms with E-state index in [1.54, 1.807) is 13.8 Å². The van der Waals surface area contributed by atoms with Crippen molar-refractivity contribution in [2.24, 2.45) is 0 Å². The van der Waals surface area contributed by atoms with Crippen LogP contribution in [0.25, 0.3) is 0 Å². The van der Waals surface area contributed by atoms with Gasteiger partial charge < -0.3 is 14.9 Å². The molecule has 4 heteroatoms. The van der Waals surface area contributed by atoms with Crippen molar-refractivity contribution in [3.05, 3.63) is 23.0 Å². The minimum atomic E-state index is -0.615. The van der Waals surface area contributed by atoms with Gasteiger partial charge in [0.15, 0.2) is 17.3 Å². The molecule has 1 unspecified atom stereocenters. The quantitative estimate of drug-likeness (QED) is 0.806. The molecule has 2 N–H and O–H groups in total. The number of aliphatic hydroxyl groups is 1. The maximum atomic E-state index is 13.4. The summed E-state index contributed by atoms with van der Waals surface area (Å²) in [5.41, 5.74) is 1.12. The van der Waals surface area contributed by atoms with Crippen LogP contribution in [0.3, 0.4) is 0 Å². The number of rotatable bonds is 3. The second-order valence-electron chi connectivity index (χ2n) is 3.58. The first-order valence-electron chi connectivity index (χ1n) is 4.70. The van der Waals surface area contributed by atoms with Crippen molar-refractivity contribution in [3.63, 3.8) is 0 Å². The van der Waals surface area contributed by atoms with E-state index < -0.39 is 11.9 Å². The molecule has 0 aromatic heterocycles. The molecule has 0 aliphatic rings. The highest BCUT2D eigenvalue weighted by atomic mass is 19.1. The number of ether oxygens (including phenoxy) is 1. The van der Waals surface area contributed by atoms with Crippen LogP contribution in [0.15, 0.2) is 6.07 Å². The molecule has 0 amide bonds. The zero-order valence-corrected chi connectivity index (χ0v) is 9.04. The summed E-state index contributed by atoms with van der Waals surface area (Å²) in [6, 6.07) is 1.28. The Bertz CT molecular complexity index is 361. The molecule has 0 saturated carbocycles. The number of phenols is 1. The summed E-state index contributed by atoms with van der Waals surface area (Å²) in [5, 5.41) is 18.8. The van der Waals surface area contributed by atoms with Gasteiger partial charge in [0.2, 0.25) is 0 Å². The molecule has 0 spiro atoms. The van der Waals surface area contributed by atoms with Crippen LogP contribution in [0.5, 0.6) is 11.5 Å². The Morgan fingerprint density at radius 2 is 2.13 bits per heavy atom. The highest BCUT2D eigenvalue weighted by Gasteiger charge is 2.16. The van der Waals surface area contributed by atoms with Crippen LogP contribution < -0.4 is 4.74 Å². The molecule has 1 aromatic carbocycles. The van der Waals surface area contributed by atoms with Crippen molar-refractivity contribution in [1.82, 2.24) is 0 Å². The van der Waals surface area contributed by atoms with Gasteiger partial charge in [-0.05, 0) is 37.5 Å². The zero-order chi connectivity index (χ0) is 11.6. The Morgan fingerprint density at radius 1 is 1.53 bits per heavy atom. The van der Waals surface area contributed by atoms with E-state index in [1.165, 1.54) is 13.2 Å². The number of aromatic hydroxyl groups is 1. The molecular weight excluding hydrogens is 199 g/mol. The fourth-order valence-electron chi connectivity index (χ4n) is 1.49. The lowest BCUT2D eigenvalue weighted by Gasteiger charge is -2.13. The number of phenolic OH excluding ortho intramolecular Hbond substituents is 1. The fraction of sp³-hybridized carbons (Fsp3) is 0.455. The molecule has 15 heavy (non-hydrogen) atoms. The maximum Gasteiger partial charge on any atom is 0.196 e. The van der Waals surface area contributed by atoms with Gasteiger partial charge in [0.05, 0.1) is 13.2 Å². The Hall–Kier alpha value is -1.29. The van der Waals surface area contributed by atoms with Gasteiger partial charge in [-0.1, -0.05) is 0 Å². The topological polar surface area (TPSA) is 49.7 Å². The van der Waals surface area contributed by atoms with Gasteiger partial charge in [0.1, 0.15) is 0 Å². The molecule has 0 heterocycles. The van der Waals surface area contributed by atoms with E-state index in [2.05, 4.69) is 0 Å². The Morgan fingerprint density at radius 3 is 2.60 bits per heavy atom. The first-order valence-corrected chi connectivity index (χ1v) is 4.70. The van der Waals surface area contributed by atoms with Crippen LogP contribution in [0.4, 0.5) is 4.39 Å². The number of aliphatic hydroxyl groups excluding tert-OH is 1. The van der Waals surface area contributed by atoms with Crippen LogP contribution in [0, 0.1) is 12.7 Å². The van der Waals surface area contributed by atoms with Gasteiger partial charge in [-0.25, -0.2) is 4.39 Å². The molecule has 0 aliphatic heterocycles. The van der Waals surface area contributed by atoms with Crippen LogP contribution >= 0.6 is 0 Å². The average Bonchev–Trinajstić information content (AvgIpc) is 2.14. The fourth-order valence-corrected chi connectivity index (χ4v) is 1.49. The Kier molecular flexibility index (Phi) is 3.52. The van der Waals surface area contributed by atoms with E-state index in [9.17, 15) is 14.6 Å². The average molecular weight is 214 g/mol. The monoisotopic (exact) mass is 214 g/mol. The third-order valence-corrected chi connectivity index (χ3v) is 2.29. The predicted molar refractivity (Wildman–Crippen MR) is 54.7 cm³/mol. The van der Waals surface area contributed by atoms with E-state index in [-0.39, 0.29) is 11.5 Å². The van der Waals surface area contributed by atoms with E-state index in [0.29, 0.717) is 17.5 Å². The van der Waals surface area contributed by atoms with E-state index in [4.69, 9.17) is 4.74 Å². The van der Waals surface area contributed by atoms with E-state index in [1.807, 2.05) is 0 Å². The molecule has 0 aliphatic carbocycles. The van der Waals surface area contributed by atoms with Gasteiger partial charge in [0.25, 0.3) is 0 Å². The highest BCUT2D eigenvalue weighted by Crippen LogP contribution is 2.34. The molecule has 84 valence electrons. The maximum absolute atomic E-state index is 13.4. The van der Waals surface area contributed by atoms with Gasteiger partial charge in [-0.15, -0.1) is 0 Å². The summed E-state index contributed by atoms with van der Waals surface area (Å²) < 4.78 is 18.1. The van der Waals surface area contributed by atoms with Gasteiger partial charge >= 0.3 is 0 Å². The lowest BCUT2D eigenvalue weighted by molar-refractivity contribution is 0.195. The highest BCUT2D eigenvalue weighted by molar-refractivity contribution is 5.50. The standard InChI is InChI=1S/C11H15FO3/c1-6(13)4-8-5-9(12)11(15-3)10(14)7(8)2/h5-6,13-14H,4H2,1-3H3. The van der Waals surface area contributed by atoms with Crippen LogP contribution in [0.2, 0.25) is 0 Å². The molecule has 0 radical (unpaired) electrons. The third-order valence-electron chi connectivity index (χ3n) is 2.29. The minimum Gasteiger partial charge on any atom is -0.504 e. The minimum absolute atomic E-state index is 0.151. The Labute approximate surface area is 88.1 Å². The van der Waals surface area contributed by atoms with Gasteiger partial charge in [-0.2, -0.15) is 0 Å². The number of hydrogen-bond acceptors (Lipinski definition) is 3. The van der Waals surface area contributed by atoms with Crippen molar-refractivity contribution in [2.75, 3.05) is 7.11 Å². The van der Waals surface area contributed by atoms with Crippen molar-refractivity contribution in [1.29, 1.82) is 0 Å². The summed E-state index contributed by atoms with van der Waals surface area (Å²) in [6.07, 6.45) is -0.267. The second kappa shape index (κ2) is 4.49. The number of benzene rings is 1. The molecular formula is C11H15FO3. The number of halogens is 1. The number of methoxy groups -OCH3 is 1. The molecule has 1 rings (SSSR count). The smallest absolute Gasteiger partial charge is 0.196 e. The summed E-state index contributed by atoms with van der Waals surface area (Å²) in [4.78, 5) is 0. The lowest BCUT2D eigenvalue weighted by Crippen LogP contribution is -2.07. The van der Waals surface area contributed by atoms with Crippen LogP contribution in [-0.2, 0) is 6.42 Å². The zero-order valence-electron chi connectivity index (χ0n) is 9.04.